The van der Waals surface area contributed by atoms with Crippen molar-refractivity contribution in [3.63, 3.8) is 0 Å². The van der Waals surface area contributed by atoms with E-state index in [1.807, 2.05) is 0 Å². The van der Waals surface area contributed by atoms with Crippen molar-refractivity contribution >= 4 is 23.3 Å². The van der Waals surface area contributed by atoms with E-state index in [4.69, 9.17) is 4.98 Å². The van der Waals surface area contributed by atoms with E-state index >= 15 is 0 Å². The highest BCUT2D eigenvalue weighted by Crippen LogP contribution is 2.36. The Hall–Kier alpha value is -1.51. The highest BCUT2D eigenvalue weighted by molar-refractivity contribution is 7.09. The third kappa shape index (κ3) is 4.41. The largest absolute Gasteiger partial charge is 0.326 e. The lowest BCUT2D eigenvalue weighted by atomic mass is 9.77. The number of carbonyl (C=O) groups is 2. The number of hydrogen-bond acceptors (Lipinski definition) is 6. The quantitative estimate of drug-likeness (QED) is 0.740. The molecular weight excluding hydrogens is 398 g/mol. The summed E-state index contributed by atoms with van der Waals surface area (Å²) in [6.45, 7) is 13.6. The zero-order valence-corrected chi connectivity index (χ0v) is 19.6. The van der Waals surface area contributed by atoms with Crippen molar-refractivity contribution in [3.05, 3.63) is 16.1 Å². The van der Waals surface area contributed by atoms with E-state index in [2.05, 4.69) is 48.2 Å². The second kappa shape index (κ2) is 8.20. The van der Waals surface area contributed by atoms with Crippen LogP contribution in [-0.2, 0) is 16.8 Å². The van der Waals surface area contributed by atoms with Gasteiger partial charge in [-0.25, -0.2) is 14.7 Å². The molecule has 7 nitrogen and oxygen atoms in total. The average Bonchev–Trinajstić information content (AvgIpc) is 3.25. The minimum atomic E-state index is -0.638. The molecule has 1 N–H and O–H groups in total. The highest BCUT2D eigenvalue weighted by atomic mass is 32.1. The number of hydrogen-bond donors (Lipinski definition) is 1. The zero-order valence-electron chi connectivity index (χ0n) is 18.7. The molecule has 0 bridgehead atoms. The summed E-state index contributed by atoms with van der Waals surface area (Å²) in [6.07, 6.45) is 3.55. The van der Waals surface area contributed by atoms with Crippen LogP contribution in [0, 0.1) is 5.92 Å². The molecule has 2 saturated heterocycles. The maximum absolute atomic E-state index is 13.1. The minimum Gasteiger partial charge on any atom is -0.323 e. The highest BCUT2D eigenvalue weighted by Gasteiger charge is 2.52. The standard InChI is InChI=1S/C22H35N5O2S/c1-16-5-7-22(8-6-16)19(28)27(20(29)24-22)15-26-11-9-25(10-12-26)13-17-14-30-18(23-17)21(2,3)4/h14,16H,5-13,15H2,1-4H3,(H,24,29). The smallest absolute Gasteiger partial charge is 0.323 e. The van der Waals surface area contributed by atoms with Crippen molar-refractivity contribution in [1.29, 1.82) is 0 Å². The molecule has 3 aliphatic rings. The molecule has 1 saturated carbocycles. The molecule has 1 aromatic heterocycles. The van der Waals surface area contributed by atoms with Crippen LogP contribution in [0.25, 0.3) is 0 Å². The Morgan fingerprint density at radius 2 is 1.77 bits per heavy atom. The molecule has 0 atom stereocenters. The van der Waals surface area contributed by atoms with Crippen molar-refractivity contribution in [1.82, 2.24) is 25.0 Å². The van der Waals surface area contributed by atoms with Gasteiger partial charge in [0.2, 0.25) is 0 Å². The predicted octanol–water partition coefficient (Wildman–Crippen LogP) is 3.02. The Labute approximate surface area is 183 Å². The first-order valence-electron chi connectivity index (χ1n) is 11.2. The van der Waals surface area contributed by atoms with Crippen LogP contribution in [0.4, 0.5) is 4.79 Å². The third-order valence-electron chi connectivity index (χ3n) is 6.76. The Bertz CT molecular complexity index is 786. The van der Waals surface area contributed by atoms with Gasteiger partial charge in [0, 0.05) is 43.5 Å². The van der Waals surface area contributed by atoms with Crippen LogP contribution in [-0.4, -0.2) is 70.0 Å². The number of amides is 3. The summed E-state index contributed by atoms with van der Waals surface area (Å²) in [5, 5.41) is 6.38. The number of imide groups is 1. The van der Waals surface area contributed by atoms with E-state index in [1.54, 1.807) is 11.3 Å². The average molecular weight is 434 g/mol. The minimum absolute atomic E-state index is 0.0148. The topological polar surface area (TPSA) is 68.8 Å². The van der Waals surface area contributed by atoms with Gasteiger partial charge in [0.1, 0.15) is 5.54 Å². The molecule has 1 aliphatic carbocycles. The Morgan fingerprint density at radius 1 is 1.13 bits per heavy atom. The van der Waals surface area contributed by atoms with Crippen molar-refractivity contribution in [3.8, 4) is 0 Å². The van der Waals surface area contributed by atoms with Crippen LogP contribution in [0.2, 0.25) is 0 Å². The zero-order chi connectivity index (χ0) is 21.5. The molecule has 30 heavy (non-hydrogen) atoms. The fourth-order valence-electron chi connectivity index (χ4n) is 4.64. The fourth-order valence-corrected chi connectivity index (χ4v) is 5.54. The molecule has 4 rings (SSSR count). The number of aromatic nitrogens is 1. The van der Waals surface area contributed by atoms with Gasteiger partial charge in [-0.1, -0.05) is 27.7 Å². The molecular formula is C22H35N5O2S. The predicted molar refractivity (Wildman–Crippen MR) is 118 cm³/mol. The fraction of sp³-hybridized carbons (Fsp3) is 0.773. The number of urea groups is 1. The van der Waals surface area contributed by atoms with E-state index in [1.165, 1.54) is 9.91 Å². The normalized spacial score (nSPS) is 29.1. The van der Waals surface area contributed by atoms with Gasteiger partial charge in [-0.3, -0.25) is 14.6 Å². The van der Waals surface area contributed by atoms with Crippen LogP contribution in [0.5, 0.6) is 0 Å². The van der Waals surface area contributed by atoms with E-state index in [0.717, 1.165) is 64.1 Å². The van der Waals surface area contributed by atoms with Crippen molar-refractivity contribution < 1.29 is 9.59 Å². The van der Waals surface area contributed by atoms with Gasteiger partial charge < -0.3 is 5.32 Å². The van der Waals surface area contributed by atoms with E-state index < -0.39 is 5.54 Å². The molecule has 8 heteroatoms. The molecule has 3 fully saturated rings. The molecule has 1 aromatic rings. The van der Waals surface area contributed by atoms with E-state index in [0.29, 0.717) is 12.6 Å². The number of nitrogens with one attached hydrogen (secondary N) is 1. The number of carbonyl (C=O) groups excluding carboxylic acids is 2. The van der Waals surface area contributed by atoms with Crippen LogP contribution < -0.4 is 5.32 Å². The molecule has 0 radical (unpaired) electrons. The van der Waals surface area contributed by atoms with Crippen LogP contribution in [0.15, 0.2) is 5.38 Å². The summed E-state index contributed by atoms with van der Waals surface area (Å²) in [4.78, 5) is 36.5. The number of rotatable bonds is 4. The van der Waals surface area contributed by atoms with Gasteiger partial charge in [0.25, 0.3) is 5.91 Å². The van der Waals surface area contributed by atoms with Gasteiger partial charge in [-0.15, -0.1) is 11.3 Å². The lowest BCUT2D eigenvalue weighted by molar-refractivity contribution is -0.134. The maximum Gasteiger partial charge on any atom is 0.326 e. The first kappa shape index (κ1) is 21.7. The van der Waals surface area contributed by atoms with Crippen LogP contribution >= 0.6 is 11.3 Å². The summed E-state index contributed by atoms with van der Waals surface area (Å²) in [6, 6.07) is -0.214. The summed E-state index contributed by atoms with van der Waals surface area (Å²) in [5.41, 5.74) is 0.597. The van der Waals surface area contributed by atoms with Gasteiger partial charge in [0.15, 0.2) is 0 Å². The summed E-state index contributed by atoms with van der Waals surface area (Å²) in [5.74, 6) is 0.624. The van der Waals surface area contributed by atoms with Crippen molar-refractivity contribution in [2.75, 3.05) is 32.8 Å². The van der Waals surface area contributed by atoms with Crippen LogP contribution in [0.3, 0.4) is 0 Å². The first-order chi connectivity index (χ1) is 14.2. The molecule has 2 aliphatic heterocycles. The molecule has 3 heterocycles. The number of thiazole rings is 1. The Balaban J connectivity index is 1.28. The molecule has 0 aromatic carbocycles. The summed E-state index contributed by atoms with van der Waals surface area (Å²) >= 11 is 1.74. The van der Waals surface area contributed by atoms with Crippen molar-refractivity contribution in [2.24, 2.45) is 5.92 Å². The lowest BCUT2D eigenvalue weighted by Gasteiger charge is -2.36. The molecule has 166 valence electrons. The monoisotopic (exact) mass is 433 g/mol. The van der Waals surface area contributed by atoms with E-state index in [9.17, 15) is 9.59 Å². The maximum atomic E-state index is 13.1. The van der Waals surface area contributed by atoms with Crippen molar-refractivity contribution in [2.45, 2.75) is 70.9 Å². The summed E-state index contributed by atoms with van der Waals surface area (Å²) in [7, 11) is 0. The second-order valence-corrected chi connectivity index (χ2v) is 11.2. The Kier molecular flexibility index (Phi) is 5.94. The SMILES string of the molecule is CC1CCC2(CC1)NC(=O)N(CN1CCN(Cc3csc(C(C)(C)C)n3)CC1)C2=O. The molecule has 1 spiro atoms. The first-order valence-corrected chi connectivity index (χ1v) is 12.1. The van der Waals surface area contributed by atoms with Gasteiger partial charge >= 0.3 is 6.03 Å². The molecule has 0 unspecified atom stereocenters. The van der Waals surface area contributed by atoms with Gasteiger partial charge in [-0.05, 0) is 31.6 Å². The Morgan fingerprint density at radius 3 is 2.37 bits per heavy atom. The van der Waals surface area contributed by atoms with Crippen LogP contribution in [0.1, 0.15) is 64.1 Å². The lowest BCUT2D eigenvalue weighted by Crippen LogP contribution is -2.52. The third-order valence-corrected chi connectivity index (χ3v) is 8.08. The van der Waals surface area contributed by atoms with E-state index in [-0.39, 0.29) is 17.4 Å². The summed E-state index contributed by atoms with van der Waals surface area (Å²) < 4.78 is 0. The van der Waals surface area contributed by atoms with Gasteiger partial charge in [0.05, 0.1) is 17.4 Å². The molecule has 3 amide bonds. The second-order valence-electron chi connectivity index (χ2n) is 10.4. The van der Waals surface area contributed by atoms with Gasteiger partial charge in [-0.2, -0.15) is 0 Å². The number of nitrogens with zero attached hydrogens (tertiary/aromatic N) is 4. The number of piperazine rings is 1.